The molecule has 0 aliphatic carbocycles. The first-order valence-electron chi connectivity index (χ1n) is 4.63. The van der Waals surface area contributed by atoms with Gasteiger partial charge in [-0.2, -0.15) is 8.42 Å². The van der Waals surface area contributed by atoms with Crippen molar-refractivity contribution in [3.8, 4) is 0 Å². The van der Waals surface area contributed by atoms with Crippen LogP contribution >= 0.6 is 0 Å². The highest BCUT2D eigenvalue weighted by atomic mass is 32.2. The number of aliphatic hydroxyl groups excluding tert-OH is 1. The third kappa shape index (κ3) is 3.30. The van der Waals surface area contributed by atoms with Gasteiger partial charge in [0.05, 0.1) is 4.90 Å². The third-order valence-corrected chi connectivity index (χ3v) is 3.22. The molecule has 0 radical (unpaired) electrons. The minimum absolute atomic E-state index is 0.0561. The second-order valence-corrected chi connectivity index (χ2v) is 4.80. The smallest absolute Gasteiger partial charge is 0.299 e. The number of rotatable bonds is 4. The molecule has 0 aliphatic heterocycles. The fourth-order valence-corrected chi connectivity index (χ4v) is 1.98. The zero-order valence-corrected chi connectivity index (χ0v) is 9.49. The largest absolute Gasteiger partial charge is 0.367 e. The third-order valence-electron chi connectivity index (χ3n) is 1.90. The monoisotopic (exact) mass is 230 g/mol. The molecular formula is C10H14O4S. The van der Waals surface area contributed by atoms with E-state index in [2.05, 4.69) is 4.18 Å². The molecule has 15 heavy (non-hydrogen) atoms. The molecule has 1 N–H and O–H groups in total. The van der Waals surface area contributed by atoms with E-state index in [-0.39, 0.29) is 11.3 Å². The maximum absolute atomic E-state index is 11.5. The Hall–Kier alpha value is -0.910. The SMILES string of the molecule is CC[C@@H](O)OS(=O)(=O)c1ccc(C)cc1. The Labute approximate surface area is 89.6 Å². The van der Waals surface area contributed by atoms with Crippen LogP contribution in [0.15, 0.2) is 29.2 Å². The molecule has 0 spiro atoms. The van der Waals surface area contributed by atoms with Gasteiger partial charge in [-0.25, -0.2) is 4.18 Å². The number of benzene rings is 1. The van der Waals surface area contributed by atoms with Gasteiger partial charge in [0.2, 0.25) is 0 Å². The first kappa shape index (κ1) is 12.2. The average Bonchev–Trinajstić information content (AvgIpc) is 2.17. The average molecular weight is 230 g/mol. The summed E-state index contributed by atoms with van der Waals surface area (Å²) in [7, 11) is -3.84. The van der Waals surface area contributed by atoms with Gasteiger partial charge in [0.1, 0.15) is 0 Å². The first-order valence-corrected chi connectivity index (χ1v) is 6.04. The van der Waals surface area contributed by atoms with E-state index in [0.717, 1.165) is 5.56 Å². The summed E-state index contributed by atoms with van der Waals surface area (Å²) in [5.41, 5.74) is 0.963. The van der Waals surface area contributed by atoms with Gasteiger partial charge in [-0.1, -0.05) is 24.6 Å². The van der Waals surface area contributed by atoms with Crippen LogP contribution in [0.4, 0.5) is 0 Å². The molecule has 4 nitrogen and oxygen atoms in total. The topological polar surface area (TPSA) is 63.6 Å². The van der Waals surface area contributed by atoms with Gasteiger partial charge < -0.3 is 5.11 Å². The minimum atomic E-state index is -3.84. The number of aliphatic hydroxyl groups is 1. The quantitative estimate of drug-likeness (QED) is 0.627. The van der Waals surface area contributed by atoms with Crippen LogP contribution in [0.5, 0.6) is 0 Å². The Balaban J connectivity index is 2.91. The van der Waals surface area contributed by atoms with E-state index in [1.165, 1.54) is 12.1 Å². The molecule has 84 valence electrons. The lowest BCUT2D eigenvalue weighted by Crippen LogP contribution is -2.17. The van der Waals surface area contributed by atoms with Gasteiger partial charge in [-0.3, -0.25) is 0 Å². The van der Waals surface area contributed by atoms with Crippen molar-refractivity contribution < 1.29 is 17.7 Å². The van der Waals surface area contributed by atoms with Crippen molar-refractivity contribution in [2.45, 2.75) is 31.5 Å². The highest BCUT2D eigenvalue weighted by Gasteiger charge is 2.18. The summed E-state index contributed by atoms with van der Waals surface area (Å²) in [6.07, 6.45) is -1.05. The zero-order valence-electron chi connectivity index (χ0n) is 8.67. The summed E-state index contributed by atoms with van der Waals surface area (Å²) in [6, 6.07) is 6.25. The summed E-state index contributed by atoms with van der Waals surface area (Å²) in [4.78, 5) is 0.0561. The predicted molar refractivity (Wildman–Crippen MR) is 55.7 cm³/mol. The lowest BCUT2D eigenvalue weighted by atomic mass is 10.2. The molecule has 1 aromatic rings. The van der Waals surface area contributed by atoms with E-state index >= 15 is 0 Å². The van der Waals surface area contributed by atoms with Crippen molar-refractivity contribution in [2.75, 3.05) is 0 Å². The zero-order chi connectivity index (χ0) is 11.5. The molecular weight excluding hydrogens is 216 g/mol. The predicted octanol–water partition coefficient (Wildman–Crippen LogP) is 1.43. The Kier molecular flexibility index (Phi) is 3.84. The van der Waals surface area contributed by atoms with Crippen LogP contribution in [0.3, 0.4) is 0 Å². The summed E-state index contributed by atoms with van der Waals surface area (Å²) >= 11 is 0. The van der Waals surface area contributed by atoms with Crippen LogP contribution in [0.1, 0.15) is 18.9 Å². The van der Waals surface area contributed by atoms with Crippen LogP contribution in [-0.4, -0.2) is 19.8 Å². The normalized spacial score (nSPS) is 13.8. The molecule has 0 aromatic heterocycles. The molecule has 0 unspecified atom stereocenters. The molecule has 1 rings (SSSR count). The number of hydrogen-bond acceptors (Lipinski definition) is 4. The Morgan fingerprint density at radius 3 is 2.33 bits per heavy atom. The number of hydrogen-bond donors (Lipinski definition) is 1. The van der Waals surface area contributed by atoms with Gasteiger partial charge in [-0.15, -0.1) is 0 Å². The summed E-state index contributed by atoms with van der Waals surface area (Å²) in [5.74, 6) is 0. The lowest BCUT2D eigenvalue weighted by Gasteiger charge is -2.09. The molecule has 5 heteroatoms. The van der Waals surface area contributed by atoms with E-state index in [0.29, 0.717) is 0 Å². The maximum atomic E-state index is 11.5. The lowest BCUT2D eigenvalue weighted by molar-refractivity contribution is -0.0137. The van der Waals surface area contributed by atoms with Gasteiger partial charge in [0.15, 0.2) is 6.29 Å². The van der Waals surface area contributed by atoms with E-state index in [1.807, 2.05) is 6.92 Å². The maximum Gasteiger partial charge on any atom is 0.299 e. The summed E-state index contributed by atoms with van der Waals surface area (Å²) in [5, 5.41) is 9.11. The molecule has 0 heterocycles. The van der Waals surface area contributed by atoms with Crippen LogP contribution < -0.4 is 0 Å². The van der Waals surface area contributed by atoms with Gasteiger partial charge in [-0.05, 0) is 25.5 Å². The van der Waals surface area contributed by atoms with Crippen molar-refractivity contribution in [1.29, 1.82) is 0 Å². The molecule has 0 fully saturated rings. The minimum Gasteiger partial charge on any atom is -0.367 e. The Bertz CT molecular complexity index is 408. The van der Waals surface area contributed by atoms with E-state index < -0.39 is 16.4 Å². The molecule has 0 bridgehead atoms. The molecule has 0 amide bonds. The van der Waals surface area contributed by atoms with Crippen LogP contribution in [-0.2, 0) is 14.3 Å². The summed E-state index contributed by atoms with van der Waals surface area (Å²) in [6.45, 7) is 3.49. The molecule has 1 atom stereocenters. The number of aryl methyl sites for hydroxylation is 1. The Morgan fingerprint density at radius 1 is 1.33 bits per heavy atom. The molecule has 0 aliphatic rings. The van der Waals surface area contributed by atoms with Gasteiger partial charge >= 0.3 is 0 Å². The fourth-order valence-electron chi connectivity index (χ4n) is 0.975. The second-order valence-electron chi connectivity index (χ2n) is 3.23. The van der Waals surface area contributed by atoms with Crippen LogP contribution in [0, 0.1) is 6.92 Å². The van der Waals surface area contributed by atoms with E-state index in [1.54, 1.807) is 19.1 Å². The molecule has 1 aromatic carbocycles. The Morgan fingerprint density at radius 2 is 1.87 bits per heavy atom. The van der Waals surface area contributed by atoms with Crippen molar-refractivity contribution in [3.63, 3.8) is 0 Å². The van der Waals surface area contributed by atoms with E-state index in [9.17, 15) is 8.42 Å². The molecule has 0 saturated carbocycles. The van der Waals surface area contributed by atoms with Crippen LogP contribution in [0.25, 0.3) is 0 Å². The summed E-state index contributed by atoms with van der Waals surface area (Å²) < 4.78 is 27.6. The highest BCUT2D eigenvalue weighted by Crippen LogP contribution is 2.15. The van der Waals surface area contributed by atoms with E-state index in [4.69, 9.17) is 5.11 Å². The standard InChI is InChI=1S/C10H14O4S/c1-3-10(11)14-15(12,13)9-6-4-8(2)5-7-9/h4-7,10-11H,3H2,1-2H3/t10-/m0/s1. The molecule has 0 saturated heterocycles. The van der Waals surface area contributed by atoms with Gasteiger partial charge in [0, 0.05) is 0 Å². The van der Waals surface area contributed by atoms with Crippen LogP contribution in [0.2, 0.25) is 0 Å². The van der Waals surface area contributed by atoms with Crippen molar-refractivity contribution >= 4 is 10.1 Å². The first-order chi connectivity index (χ1) is 6.95. The van der Waals surface area contributed by atoms with Crippen molar-refractivity contribution in [3.05, 3.63) is 29.8 Å². The van der Waals surface area contributed by atoms with Crippen molar-refractivity contribution in [1.82, 2.24) is 0 Å². The second kappa shape index (κ2) is 4.74. The van der Waals surface area contributed by atoms with Crippen molar-refractivity contribution in [2.24, 2.45) is 0 Å². The fraction of sp³-hybridized carbons (Fsp3) is 0.400. The highest BCUT2D eigenvalue weighted by molar-refractivity contribution is 7.86. The van der Waals surface area contributed by atoms with Gasteiger partial charge in [0.25, 0.3) is 10.1 Å².